The summed E-state index contributed by atoms with van der Waals surface area (Å²) in [6, 6.07) is 21.6. The summed E-state index contributed by atoms with van der Waals surface area (Å²) < 4.78 is 15.2. The largest absolute Gasteiger partial charge is 0.382 e. The third-order valence-electron chi connectivity index (χ3n) is 7.50. The first-order valence-electron chi connectivity index (χ1n) is 11.9. The maximum absolute atomic E-state index is 15.2. The Bertz CT molecular complexity index is 1510. The molecule has 1 unspecified atom stereocenters. The number of anilines is 2. The second-order valence-corrected chi connectivity index (χ2v) is 10.4. The molecule has 0 spiro atoms. The minimum Gasteiger partial charge on any atom is -0.382 e. The average molecular weight is 481 g/mol. The van der Waals surface area contributed by atoms with Crippen LogP contribution in [0.4, 0.5) is 15.8 Å². The third-order valence-corrected chi connectivity index (χ3v) is 7.50. The lowest BCUT2D eigenvalue weighted by Crippen LogP contribution is -2.54. The summed E-state index contributed by atoms with van der Waals surface area (Å²) in [5.74, 6) is -1.41. The zero-order valence-electron chi connectivity index (χ0n) is 20.2. The van der Waals surface area contributed by atoms with Gasteiger partial charge in [-0.3, -0.25) is 9.59 Å². The minimum absolute atomic E-state index is 0.00303. The molecule has 0 saturated carbocycles. The van der Waals surface area contributed by atoms with Crippen molar-refractivity contribution in [2.24, 2.45) is 10.8 Å². The lowest BCUT2D eigenvalue weighted by molar-refractivity contribution is -0.116. The van der Waals surface area contributed by atoms with Crippen LogP contribution in [0.15, 0.2) is 83.5 Å². The Morgan fingerprint density at radius 3 is 2.19 bits per heavy atom. The number of para-hydroxylation sites is 1. The zero-order chi connectivity index (χ0) is 25.4. The smallest absolute Gasteiger partial charge is 0.283 e. The summed E-state index contributed by atoms with van der Waals surface area (Å²) >= 11 is 0. The molecule has 0 fully saturated rings. The number of amides is 2. The number of nitrogens with two attached hydrogens (primary N) is 1. The van der Waals surface area contributed by atoms with Gasteiger partial charge in [0.05, 0.1) is 22.5 Å². The van der Waals surface area contributed by atoms with Gasteiger partial charge in [-0.15, -0.1) is 5.10 Å². The Balaban J connectivity index is 1.61. The first-order valence-corrected chi connectivity index (χ1v) is 11.9. The van der Waals surface area contributed by atoms with Gasteiger partial charge >= 0.3 is 0 Å². The lowest BCUT2D eigenvalue weighted by atomic mass is 9.65. The normalized spacial score (nSPS) is 24.3. The fourth-order valence-electron chi connectivity index (χ4n) is 6.10. The Labute approximate surface area is 208 Å². The van der Waals surface area contributed by atoms with Crippen molar-refractivity contribution in [1.29, 1.82) is 0 Å². The standard InChI is InChI=1S/C29H25FN4O2/c1-28(2)16-29(3,17-10-6-4-7-11-17)21-15-18(30)14-20-22(26(35)33(28)24(20)21)23-25(31)32-34(27(23)36)19-12-8-5-9-13-19/h4-15H,16H2,1-3H3,(H2,31,32). The third kappa shape index (κ3) is 2.92. The van der Waals surface area contributed by atoms with Gasteiger partial charge in [0.25, 0.3) is 11.8 Å². The molecular formula is C29H25FN4O2. The summed E-state index contributed by atoms with van der Waals surface area (Å²) in [5, 5.41) is 5.44. The number of hydrogen-bond donors (Lipinski definition) is 1. The van der Waals surface area contributed by atoms with E-state index in [1.54, 1.807) is 29.2 Å². The van der Waals surface area contributed by atoms with Gasteiger partial charge in [0.1, 0.15) is 5.82 Å². The van der Waals surface area contributed by atoms with E-state index >= 15 is 4.39 Å². The Hall–Kier alpha value is -4.26. The van der Waals surface area contributed by atoms with E-state index in [0.29, 0.717) is 28.9 Å². The molecule has 7 heteroatoms. The Morgan fingerprint density at radius 1 is 0.889 bits per heavy atom. The molecule has 2 amide bonds. The first-order chi connectivity index (χ1) is 17.1. The molecule has 6 nitrogen and oxygen atoms in total. The van der Waals surface area contributed by atoms with Crippen LogP contribution in [0, 0.1) is 5.82 Å². The number of hydrogen-bond acceptors (Lipinski definition) is 4. The highest BCUT2D eigenvalue weighted by molar-refractivity contribution is 6.45. The van der Waals surface area contributed by atoms with Crippen LogP contribution in [0.2, 0.25) is 0 Å². The van der Waals surface area contributed by atoms with Gasteiger partial charge in [-0.25, -0.2) is 4.39 Å². The lowest BCUT2D eigenvalue weighted by Gasteiger charge is -2.49. The van der Waals surface area contributed by atoms with E-state index in [2.05, 4.69) is 12.0 Å². The average Bonchev–Trinajstić information content (AvgIpc) is 3.30. The van der Waals surface area contributed by atoms with E-state index in [1.165, 1.54) is 17.1 Å². The Kier molecular flexibility index (Phi) is 4.55. The predicted molar refractivity (Wildman–Crippen MR) is 138 cm³/mol. The molecule has 2 N–H and O–H groups in total. The van der Waals surface area contributed by atoms with Crippen molar-refractivity contribution in [3.8, 4) is 0 Å². The van der Waals surface area contributed by atoms with Gasteiger partial charge in [0.2, 0.25) is 0 Å². The van der Waals surface area contributed by atoms with Gasteiger partial charge in [0, 0.05) is 16.5 Å². The summed E-state index contributed by atoms with van der Waals surface area (Å²) in [6.45, 7) is 6.08. The molecule has 3 heterocycles. The number of hydrazone groups is 1. The maximum Gasteiger partial charge on any atom is 0.283 e. The quantitative estimate of drug-likeness (QED) is 0.539. The molecule has 6 rings (SSSR count). The Morgan fingerprint density at radius 2 is 1.53 bits per heavy atom. The van der Waals surface area contributed by atoms with Crippen molar-refractivity contribution in [2.45, 2.75) is 38.1 Å². The molecule has 0 radical (unpaired) electrons. The van der Waals surface area contributed by atoms with E-state index in [0.717, 1.165) is 5.56 Å². The zero-order valence-corrected chi connectivity index (χ0v) is 20.2. The number of amidine groups is 1. The molecule has 0 saturated heterocycles. The molecular weight excluding hydrogens is 455 g/mol. The van der Waals surface area contributed by atoms with Crippen molar-refractivity contribution < 1.29 is 14.0 Å². The van der Waals surface area contributed by atoms with E-state index in [4.69, 9.17) is 5.73 Å². The predicted octanol–water partition coefficient (Wildman–Crippen LogP) is 4.73. The fraction of sp³-hybridized carbons (Fsp3) is 0.207. The van der Waals surface area contributed by atoms with Gasteiger partial charge in [0.15, 0.2) is 5.84 Å². The molecule has 1 atom stereocenters. The SMILES string of the molecule is CC1(c2ccccc2)CC(C)(C)N2C(=O)C(=C3C(=O)N(c4ccccc4)N=C3N)c3cc(F)cc1c32. The molecule has 180 valence electrons. The number of benzene rings is 3. The van der Waals surface area contributed by atoms with E-state index < -0.39 is 22.7 Å². The molecule has 3 aliphatic rings. The maximum atomic E-state index is 15.2. The fourth-order valence-corrected chi connectivity index (χ4v) is 6.10. The number of nitrogens with zero attached hydrogens (tertiary/aromatic N) is 3. The second kappa shape index (κ2) is 7.37. The molecule has 3 aromatic carbocycles. The van der Waals surface area contributed by atoms with Gasteiger partial charge < -0.3 is 10.6 Å². The second-order valence-electron chi connectivity index (χ2n) is 10.4. The molecule has 3 aliphatic heterocycles. The van der Waals surface area contributed by atoms with Crippen molar-refractivity contribution in [3.63, 3.8) is 0 Å². The molecule has 36 heavy (non-hydrogen) atoms. The van der Waals surface area contributed by atoms with Gasteiger partial charge in [-0.05, 0) is 55.7 Å². The monoisotopic (exact) mass is 480 g/mol. The molecule has 0 aromatic heterocycles. The molecule has 0 aliphatic carbocycles. The van der Waals surface area contributed by atoms with Crippen molar-refractivity contribution in [2.75, 3.05) is 9.91 Å². The number of carbonyl (C=O) groups is 2. The molecule has 0 bridgehead atoms. The van der Waals surface area contributed by atoms with Gasteiger partial charge in [-0.2, -0.15) is 5.01 Å². The summed E-state index contributed by atoms with van der Waals surface area (Å²) in [5.41, 5.74) is 8.47. The van der Waals surface area contributed by atoms with Crippen LogP contribution in [0.5, 0.6) is 0 Å². The first kappa shape index (κ1) is 22.2. The topological polar surface area (TPSA) is 79.0 Å². The van der Waals surface area contributed by atoms with Crippen LogP contribution in [0.3, 0.4) is 0 Å². The van der Waals surface area contributed by atoms with Crippen molar-refractivity contribution >= 4 is 34.6 Å². The number of rotatable bonds is 2. The molecule has 3 aromatic rings. The summed E-state index contributed by atoms with van der Waals surface area (Å²) in [6.07, 6.45) is 0.571. The highest BCUT2D eigenvalue weighted by Gasteiger charge is 2.54. The summed E-state index contributed by atoms with van der Waals surface area (Å²) in [4.78, 5) is 29.3. The van der Waals surface area contributed by atoms with Crippen LogP contribution in [-0.2, 0) is 15.0 Å². The van der Waals surface area contributed by atoms with Crippen LogP contribution in [-0.4, -0.2) is 23.2 Å². The van der Waals surface area contributed by atoms with E-state index in [9.17, 15) is 9.59 Å². The minimum atomic E-state index is -0.615. The number of halogens is 1. The summed E-state index contributed by atoms with van der Waals surface area (Å²) in [7, 11) is 0. The van der Waals surface area contributed by atoms with Crippen LogP contribution >= 0.6 is 0 Å². The number of carbonyl (C=O) groups excluding carboxylic acids is 2. The van der Waals surface area contributed by atoms with Crippen LogP contribution in [0.25, 0.3) is 5.57 Å². The van der Waals surface area contributed by atoms with E-state index in [1.807, 2.05) is 50.2 Å². The van der Waals surface area contributed by atoms with Crippen LogP contribution in [0.1, 0.15) is 43.9 Å². The highest BCUT2D eigenvalue weighted by atomic mass is 19.1. The highest BCUT2D eigenvalue weighted by Crippen LogP contribution is 2.56. The van der Waals surface area contributed by atoms with E-state index in [-0.39, 0.29) is 22.9 Å². The van der Waals surface area contributed by atoms with Crippen molar-refractivity contribution in [3.05, 3.63) is 101 Å². The van der Waals surface area contributed by atoms with Crippen molar-refractivity contribution in [1.82, 2.24) is 0 Å². The van der Waals surface area contributed by atoms with Gasteiger partial charge in [-0.1, -0.05) is 55.5 Å². The van der Waals surface area contributed by atoms with Crippen LogP contribution < -0.4 is 15.6 Å².